The Hall–Kier alpha value is -2.38. The molecule has 0 bridgehead atoms. The van der Waals surface area contributed by atoms with Gasteiger partial charge >= 0.3 is 0 Å². The average molecular weight is 375 g/mol. The standard InChI is InChI=1S/C18H14FNO3S2/c1-22-14-6-7-15(23-2)11(8-14)9-16-17(21)20(18(24)25-16)13-5-3-4-12(19)10-13/h3-10H,1-2H3/b16-9-. The molecule has 0 aromatic heterocycles. The van der Waals surface area contributed by atoms with Crippen LogP contribution in [0.4, 0.5) is 10.1 Å². The van der Waals surface area contributed by atoms with Crippen molar-refractivity contribution in [2.45, 2.75) is 0 Å². The van der Waals surface area contributed by atoms with Gasteiger partial charge in [-0.3, -0.25) is 9.69 Å². The van der Waals surface area contributed by atoms with Gasteiger partial charge in [-0.1, -0.05) is 30.0 Å². The third-order valence-corrected chi connectivity index (χ3v) is 4.89. The van der Waals surface area contributed by atoms with Crippen molar-refractivity contribution in [3.05, 3.63) is 58.8 Å². The van der Waals surface area contributed by atoms with Crippen molar-refractivity contribution < 1.29 is 18.7 Å². The van der Waals surface area contributed by atoms with Gasteiger partial charge in [0.25, 0.3) is 5.91 Å². The van der Waals surface area contributed by atoms with E-state index < -0.39 is 5.82 Å². The van der Waals surface area contributed by atoms with Crippen LogP contribution in [0.15, 0.2) is 47.4 Å². The van der Waals surface area contributed by atoms with E-state index >= 15 is 0 Å². The first-order valence-electron chi connectivity index (χ1n) is 7.29. The summed E-state index contributed by atoms with van der Waals surface area (Å²) in [5, 5.41) is 0. The van der Waals surface area contributed by atoms with Gasteiger partial charge in [-0.25, -0.2) is 4.39 Å². The minimum atomic E-state index is -0.426. The van der Waals surface area contributed by atoms with Crippen molar-refractivity contribution in [2.24, 2.45) is 0 Å². The van der Waals surface area contributed by atoms with E-state index in [1.807, 2.05) is 0 Å². The van der Waals surface area contributed by atoms with Gasteiger partial charge in [-0.2, -0.15) is 0 Å². The summed E-state index contributed by atoms with van der Waals surface area (Å²) in [4.78, 5) is 14.5. The summed E-state index contributed by atoms with van der Waals surface area (Å²) < 4.78 is 24.4. The Balaban J connectivity index is 1.98. The molecule has 0 spiro atoms. The summed E-state index contributed by atoms with van der Waals surface area (Å²) in [5.74, 6) is 0.528. The van der Waals surface area contributed by atoms with Crippen molar-refractivity contribution in [1.82, 2.24) is 0 Å². The summed E-state index contributed by atoms with van der Waals surface area (Å²) in [6, 6.07) is 11.1. The van der Waals surface area contributed by atoms with Gasteiger partial charge in [0.2, 0.25) is 0 Å². The Morgan fingerprint density at radius 1 is 1.16 bits per heavy atom. The fourth-order valence-corrected chi connectivity index (χ4v) is 3.69. The van der Waals surface area contributed by atoms with Crippen LogP contribution < -0.4 is 14.4 Å². The third kappa shape index (κ3) is 3.52. The lowest BCUT2D eigenvalue weighted by molar-refractivity contribution is -0.113. The molecule has 2 aromatic rings. The van der Waals surface area contributed by atoms with Crippen LogP contribution in [0.2, 0.25) is 0 Å². The van der Waals surface area contributed by atoms with Crippen molar-refractivity contribution in [2.75, 3.05) is 19.1 Å². The Morgan fingerprint density at radius 3 is 2.64 bits per heavy atom. The normalized spacial score (nSPS) is 15.8. The number of hydrogen-bond donors (Lipinski definition) is 0. The number of rotatable bonds is 4. The molecule has 1 aliphatic heterocycles. The highest BCUT2D eigenvalue weighted by molar-refractivity contribution is 8.27. The van der Waals surface area contributed by atoms with Gasteiger partial charge in [0.05, 0.1) is 24.8 Å². The average Bonchev–Trinajstić information content (AvgIpc) is 2.88. The summed E-state index contributed by atoms with van der Waals surface area (Å²) in [6.07, 6.45) is 1.69. The van der Waals surface area contributed by atoms with Gasteiger partial charge in [0, 0.05) is 5.56 Å². The molecule has 1 aliphatic rings. The molecular formula is C18H14FNO3S2. The minimum absolute atomic E-state index is 0.300. The van der Waals surface area contributed by atoms with Gasteiger partial charge in [0.1, 0.15) is 17.3 Å². The highest BCUT2D eigenvalue weighted by atomic mass is 32.2. The number of hydrogen-bond acceptors (Lipinski definition) is 5. The molecule has 0 radical (unpaired) electrons. The van der Waals surface area contributed by atoms with E-state index in [2.05, 4.69) is 0 Å². The summed E-state index contributed by atoms with van der Waals surface area (Å²) in [6.45, 7) is 0. The second kappa shape index (κ2) is 7.25. The van der Waals surface area contributed by atoms with Crippen LogP contribution >= 0.6 is 24.0 Å². The number of methoxy groups -OCH3 is 2. The number of amides is 1. The Labute approximate surface area is 154 Å². The summed E-state index contributed by atoms with van der Waals surface area (Å²) >= 11 is 6.45. The minimum Gasteiger partial charge on any atom is -0.497 e. The smallest absolute Gasteiger partial charge is 0.270 e. The highest BCUT2D eigenvalue weighted by Crippen LogP contribution is 2.37. The number of ether oxygens (including phenoxy) is 2. The van der Waals surface area contributed by atoms with Gasteiger partial charge in [-0.15, -0.1) is 0 Å². The van der Waals surface area contributed by atoms with Crippen LogP contribution in [-0.4, -0.2) is 24.4 Å². The largest absolute Gasteiger partial charge is 0.497 e. The molecule has 0 aliphatic carbocycles. The topological polar surface area (TPSA) is 38.8 Å². The highest BCUT2D eigenvalue weighted by Gasteiger charge is 2.33. The molecule has 1 fully saturated rings. The maximum Gasteiger partial charge on any atom is 0.270 e. The second-order valence-corrected chi connectivity index (χ2v) is 6.78. The van der Waals surface area contributed by atoms with Crippen LogP contribution in [-0.2, 0) is 4.79 Å². The lowest BCUT2D eigenvalue weighted by Gasteiger charge is -2.14. The van der Waals surface area contributed by atoms with Gasteiger partial charge < -0.3 is 9.47 Å². The maximum atomic E-state index is 13.5. The first-order valence-corrected chi connectivity index (χ1v) is 8.51. The van der Waals surface area contributed by atoms with E-state index in [4.69, 9.17) is 21.7 Å². The molecule has 3 rings (SSSR count). The van der Waals surface area contributed by atoms with E-state index in [9.17, 15) is 9.18 Å². The van der Waals surface area contributed by atoms with Gasteiger partial charge in [0.15, 0.2) is 4.32 Å². The fourth-order valence-electron chi connectivity index (χ4n) is 2.40. The summed E-state index contributed by atoms with van der Waals surface area (Å²) in [7, 11) is 3.12. The molecule has 128 valence electrons. The Bertz CT molecular complexity index is 882. The number of halogens is 1. The molecule has 25 heavy (non-hydrogen) atoms. The molecule has 0 atom stereocenters. The molecule has 0 N–H and O–H groups in total. The molecule has 1 saturated heterocycles. The molecule has 7 heteroatoms. The monoisotopic (exact) mass is 375 g/mol. The van der Waals surface area contributed by atoms with Gasteiger partial charge in [-0.05, 0) is 42.5 Å². The van der Waals surface area contributed by atoms with Crippen LogP contribution in [0, 0.1) is 5.82 Å². The van der Waals surface area contributed by atoms with E-state index in [1.54, 1.807) is 44.6 Å². The van der Waals surface area contributed by atoms with E-state index in [0.717, 1.165) is 11.8 Å². The molecule has 1 heterocycles. The van der Waals surface area contributed by atoms with E-state index in [1.165, 1.54) is 23.1 Å². The third-order valence-electron chi connectivity index (χ3n) is 3.58. The zero-order valence-electron chi connectivity index (χ0n) is 13.5. The number of thioether (sulfide) groups is 1. The first-order chi connectivity index (χ1) is 12.0. The lowest BCUT2D eigenvalue weighted by atomic mass is 10.1. The van der Waals surface area contributed by atoms with Crippen molar-refractivity contribution >= 4 is 46.0 Å². The van der Waals surface area contributed by atoms with Crippen molar-refractivity contribution in [3.63, 3.8) is 0 Å². The molecular weight excluding hydrogens is 361 g/mol. The quantitative estimate of drug-likeness (QED) is 0.590. The number of carbonyl (C=O) groups is 1. The van der Waals surface area contributed by atoms with E-state index in [0.29, 0.717) is 32.0 Å². The molecule has 0 unspecified atom stereocenters. The molecule has 1 amide bonds. The summed E-state index contributed by atoms with van der Waals surface area (Å²) in [5.41, 5.74) is 1.10. The number of anilines is 1. The van der Waals surface area contributed by atoms with Crippen LogP contribution in [0.1, 0.15) is 5.56 Å². The van der Waals surface area contributed by atoms with Crippen molar-refractivity contribution in [3.8, 4) is 11.5 Å². The van der Waals surface area contributed by atoms with Crippen LogP contribution in [0.3, 0.4) is 0 Å². The Kier molecular flexibility index (Phi) is 5.06. The lowest BCUT2D eigenvalue weighted by Crippen LogP contribution is -2.27. The number of nitrogens with zero attached hydrogens (tertiary/aromatic N) is 1. The zero-order chi connectivity index (χ0) is 18.0. The number of thiocarbonyl (C=S) groups is 1. The number of carbonyl (C=O) groups excluding carboxylic acids is 1. The molecule has 2 aromatic carbocycles. The molecule has 4 nitrogen and oxygen atoms in total. The van der Waals surface area contributed by atoms with Crippen molar-refractivity contribution in [1.29, 1.82) is 0 Å². The first kappa shape index (κ1) is 17.4. The molecule has 0 saturated carbocycles. The van der Waals surface area contributed by atoms with E-state index in [-0.39, 0.29) is 5.91 Å². The maximum absolute atomic E-state index is 13.5. The number of benzene rings is 2. The predicted molar refractivity (Wildman–Crippen MR) is 102 cm³/mol. The van der Waals surface area contributed by atoms with Crippen LogP contribution in [0.5, 0.6) is 11.5 Å². The second-order valence-electron chi connectivity index (χ2n) is 5.10. The SMILES string of the molecule is COc1ccc(OC)c(/C=C2\SC(=S)N(c3cccc(F)c3)C2=O)c1. The van der Waals surface area contributed by atoms with Crippen LogP contribution in [0.25, 0.3) is 6.08 Å². The Morgan fingerprint density at radius 2 is 1.96 bits per heavy atom. The predicted octanol–water partition coefficient (Wildman–Crippen LogP) is 4.25. The fraction of sp³-hybridized carbons (Fsp3) is 0.111. The zero-order valence-corrected chi connectivity index (χ0v) is 15.1.